The Labute approximate surface area is 133 Å². The molecule has 0 aromatic rings. The molecule has 21 heavy (non-hydrogen) atoms. The first kappa shape index (κ1) is 18.9. The highest BCUT2D eigenvalue weighted by atomic mass is 28.4. The topological polar surface area (TPSA) is 26.3 Å². The van der Waals surface area contributed by atoms with E-state index < -0.39 is 8.32 Å². The summed E-state index contributed by atoms with van der Waals surface area (Å²) >= 11 is 0. The van der Waals surface area contributed by atoms with Crippen molar-refractivity contribution in [3.05, 3.63) is 0 Å². The van der Waals surface area contributed by atoms with E-state index in [4.69, 9.17) is 4.43 Å². The van der Waals surface area contributed by atoms with Crippen LogP contribution in [0.25, 0.3) is 0 Å². The van der Waals surface area contributed by atoms with Crippen molar-refractivity contribution in [3.8, 4) is 0 Å². The predicted octanol–water partition coefficient (Wildman–Crippen LogP) is 5.57. The van der Waals surface area contributed by atoms with Crippen LogP contribution >= 0.6 is 0 Å². The molecule has 1 fully saturated rings. The van der Waals surface area contributed by atoms with Crippen molar-refractivity contribution in [1.29, 1.82) is 0 Å². The van der Waals surface area contributed by atoms with Crippen molar-refractivity contribution >= 4 is 14.1 Å². The summed E-state index contributed by atoms with van der Waals surface area (Å²) < 4.78 is 6.21. The lowest BCUT2D eigenvalue weighted by atomic mass is 9.93. The van der Waals surface area contributed by atoms with Crippen LogP contribution in [0.15, 0.2) is 0 Å². The number of carbonyl (C=O) groups is 1. The lowest BCUT2D eigenvalue weighted by Crippen LogP contribution is -2.40. The van der Waals surface area contributed by atoms with Gasteiger partial charge in [0.15, 0.2) is 8.32 Å². The SMILES string of the molecule is CC1CCC(=O)C(CCCCO[Si](C)(C)C(C)(C)C)CC1. The molecule has 0 radical (unpaired) electrons. The number of hydrogen-bond donors (Lipinski definition) is 0. The third kappa shape index (κ3) is 6.23. The first-order chi connectivity index (χ1) is 9.63. The van der Waals surface area contributed by atoms with Gasteiger partial charge in [-0.05, 0) is 49.7 Å². The summed E-state index contributed by atoms with van der Waals surface area (Å²) in [5, 5.41) is 0.292. The fourth-order valence-electron chi connectivity index (χ4n) is 2.73. The maximum Gasteiger partial charge on any atom is 0.191 e. The van der Waals surface area contributed by atoms with E-state index >= 15 is 0 Å². The molecule has 1 saturated carbocycles. The zero-order chi connectivity index (χ0) is 16.1. The minimum absolute atomic E-state index is 0.292. The average Bonchev–Trinajstić information content (AvgIpc) is 2.51. The molecule has 3 heteroatoms. The summed E-state index contributed by atoms with van der Waals surface area (Å²) in [6.07, 6.45) is 7.58. The van der Waals surface area contributed by atoms with Gasteiger partial charge in [0.2, 0.25) is 0 Å². The lowest BCUT2D eigenvalue weighted by Gasteiger charge is -2.36. The Hall–Kier alpha value is -0.153. The number of rotatable bonds is 6. The van der Waals surface area contributed by atoms with E-state index in [1.807, 2.05) is 0 Å². The monoisotopic (exact) mass is 312 g/mol. The predicted molar refractivity (Wildman–Crippen MR) is 93.1 cm³/mol. The summed E-state index contributed by atoms with van der Waals surface area (Å²) in [6, 6.07) is 0. The van der Waals surface area contributed by atoms with Crippen LogP contribution in [0.3, 0.4) is 0 Å². The number of carbonyl (C=O) groups excluding carboxylic acids is 1. The lowest BCUT2D eigenvalue weighted by molar-refractivity contribution is -0.123. The Kier molecular flexibility index (Phi) is 7.12. The largest absolute Gasteiger partial charge is 0.417 e. The Morgan fingerprint density at radius 2 is 1.81 bits per heavy atom. The van der Waals surface area contributed by atoms with Crippen LogP contribution < -0.4 is 0 Å². The molecule has 0 aromatic carbocycles. The van der Waals surface area contributed by atoms with Crippen LogP contribution in [0.4, 0.5) is 0 Å². The first-order valence-corrected chi connectivity index (χ1v) is 11.7. The number of ketones is 1. The van der Waals surface area contributed by atoms with Gasteiger partial charge in [0.25, 0.3) is 0 Å². The van der Waals surface area contributed by atoms with E-state index in [0.29, 0.717) is 16.7 Å². The summed E-state index contributed by atoms with van der Waals surface area (Å²) in [5.41, 5.74) is 0. The standard InChI is InChI=1S/C18H36O2Si/c1-15-10-12-16(17(19)13-11-15)9-7-8-14-20-21(5,6)18(2,3)4/h15-16H,7-14H2,1-6H3. The van der Waals surface area contributed by atoms with Gasteiger partial charge in [0.05, 0.1) is 0 Å². The normalized spacial score (nSPS) is 25.0. The minimum Gasteiger partial charge on any atom is -0.417 e. The molecular formula is C18H36O2Si. The van der Waals surface area contributed by atoms with Crippen LogP contribution in [-0.4, -0.2) is 20.7 Å². The fraction of sp³-hybridized carbons (Fsp3) is 0.944. The molecular weight excluding hydrogens is 276 g/mol. The second kappa shape index (κ2) is 7.91. The highest BCUT2D eigenvalue weighted by Crippen LogP contribution is 2.36. The molecule has 1 aliphatic carbocycles. The summed E-state index contributed by atoms with van der Waals surface area (Å²) in [6.45, 7) is 14.6. The molecule has 0 heterocycles. The maximum absolute atomic E-state index is 12.1. The maximum atomic E-state index is 12.1. The minimum atomic E-state index is -1.59. The van der Waals surface area contributed by atoms with Gasteiger partial charge >= 0.3 is 0 Å². The molecule has 124 valence electrons. The zero-order valence-electron chi connectivity index (χ0n) is 15.1. The third-order valence-electron chi connectivity index (χ3n) is 5.56. The zero-order valence-corrected chi connectivity index (χ0v) is 16.1. The van der Waals surface area contributed by atoms with Gasteiger partial charge in [-0.2, -0.15) is 0 Å². The third-order valence-corrected chi connectivity index (χ3v) is 10.1. The van der Waals surface area contributed by atoms with Crippen LogP contribution in [0.2, 0.25) is 18.1 Å². The summed E-state index contributed by atoms with van der Waals surface area (Å²) in [7, 11) is -1.59. The Morgan fingerprint density at radius 3 is 2.43 bits per heavy atom. The molecule has 0 N–H and O–H groups in total. The van der Waals surface area contributed by atoms with E-state index in [2.05, 4.69) is 40.8 Å². The van der Waals surface area contributed by atoms with Crippen molar-refractivity contribution in [3.63, 3.8) is 0 Å². The van der Waals surface area contributed by atoms with Crippen molar-refractivity contribution in [1.82, 2.24) is 0 Å². The van der Waals surface area contributed by atoms with Gasteiger partial charge in [-0.15, -0.1) is 0 Å². The quantitative estimate of drug-likeness (QED) is 0.364. The van der Waals surface area contributed by atoms with Crippen LogP contribution in [0.1, 0.15) is 72.6 Å². The van der Waals surface area contributed by atoms with E-state index in [1.165, 1.54) is 6.42 Å². The summed E-state index contributed by atoms with van der Waals surface area (Å²) in [4.78, 5) is 12.1. The number of unbranched alkanes of at least 4 members (excludes halogenated alkanes) is 1. The highest BCUT2D eigenvalue weighted by Gasteiger charge is 2.36. The second-order valence-corrected chi connectivity index (χ2v) is 13.3. The first-order valence-electron chi connectivity index (χ1n) is 8.80. The van der Waals surface area contributed by atoms with Gasteiger partial charge in [0.1, 0.15) is 5.78 Å². The second-order valence-electron chi connectivity index (χ2n) is 8.49. The smallest absolute Gasteiger partial charge is 0.191 e. The molecule has 0 bridgehead atoms. The van der Waals surface area contributed by atoms with E-state index in [1.54, 1.807) is 0 Å². The van der Waals surface area contributed by atoms with Crippen LogP contribution in [-0.2, 0) is 9.22 Å². The number of hydrogen-bond acceptors (Lipinski definition) is 2. The molecule has 0 aliphatic heterocycles. The molecule has 2 atom stereocenters. The van der Waals surface area contributed by atoms with E-state index in [-0.39, 0.29) is 0 Å². The van der Waals surface area contributed by atoms with Crippen LogP contribution in [0, 0.1) is 11.8 Å². The molecule has 1 aliphatic rings. The Balaban J connectivity index is 2.23. The molecule has 2 unspecified atom stereocenters. The molecule has 1 rings (SSSR count). The van der Waals surface area contributed by atoms with E-state index in [0.717, 1.165) is 51.0 Å². The number of Topliss-reactive ketones (excluding diaryl/α,β-unsaturated/α-hetero) is 1. The van der Waals surface area contributed by atoms with Crippen molar-refractivity contribution in [2.75, 3.05) is 6.61 Å². The Bertz CT molecular complexity index is 331. The van der Waals surface area contributed by atoms with E-state index in [9.17, 15) is 4.79 Å². The molecule has 2 nitrogen and oxygen atoms in total. The highest BCUT2D eigenvalue weighted by molar-refractivity contribution is 6.74. The molecule has 0 amide bonds. The van der Waals surface area contributed by atoms with Crippen molar-refractivity contribution < 1.29 is 9.22 Å². The molecule has 0 spiro atoms. The van der Waals surface area contributed by atoms with Gasteiger partial charge in [-0.1, -0.05) is 40.5 Å². The van der Waals surface area contributed by atoms with Gasteiger partial charge in [-0.3, -0.25) is 4.79 Å². The Morgan fingerprint density at radius 1 is 1.14 bits per heavy atom. The van der Waals surface area contributed by atoms with Crippen molar-refractivity contribution in [2.45, 2.75) is 90.8 Å². The summed E-state index contributed by atoms with van der Waals surface area (Å²) in [5.74, 6) is 1.59. The van der Waals surface area contributed by atoms with Gasteiger partial charge < -0.3 is 4.43 Å². The average molecular weight is 313 g/mol. The van der Waals surface area contributed by atoms with Gasteiger partial charge in [-0.25, -0.2) is 0 Å². The van der Waals surface area contributed by atoms with Crippen LogP contribution in [0.5, 0.6) is 0 Å². The molecule has 0 aromatic heterocycles. The van der Waals surface area contributed by atoms with Gasteiger partial charge in [0, 0.05) is 18.9 Å². The van der Waals surface area contributed by atoms with Crippen molar-refractivity contribution in [2.24, 2.45) is 11.8 Å². The molecule has 0 saturated heterocycles. The fourth-order valence-corrected chi connectivity index (χ4v) is 3.81.